The fourth-order valence-electron chi connectivity index (χ4n) is 0.981. The fraction of sp³-hybridized carbons (Fsp3) is 0.333. The molecule has 70 valence electrons. The van der Waals surface area contributed by atoms with E-state index in [1.54, 1.807) is 26.2 Å². The third kappa shape index (κ3) is 2.27. The molecule has 0 aliphatic heterocycles. The number of hydrogen-bond donors (Lipinski definition) is 1. The van der Waals surface area contributed by atoms with Crippen LogP contribution in [0.15, 0.2) is 24.3 Å². The third-order valence-electron chi connectivity index (χ3n) is 1.86. The van der Waals surface area contributed by atoms with Gasteiger partial charge in [-0.3, -0.25) is 4.57 Å². The van der Waals surface area contributed by atoms with Crippen molar-refractivity contribution in [2.24, 2.45) is 5.73 Å². The fourth-order valence-corrected chi connectivity index (χ4v) is 1.24. The van der Waals surface area contributed by atoms with Gasteiger partial charge in [-0.1, -0.05) is 12.1 Å². The van der Waals surface area contributed by atoms with Crippen LogP contribution >= 0.6 is 8.46 Å². The van der Waals surface area contributed by atoms with Gasteiger partial charge in [-0.05, 0) is 24.6 Å². The number of rotatable bonds is 3. The molecule has 0 radical (unpaired) electrons. The van der Waals surface area contributed by atoms with Crippen LogP contribution in [0.1, 0.15) is 12.5 Å². The molecular formula is C9H12NO2P. The summed E-state index contributed by atoms with van der Waals surface area (Å²) in [4.78, 5) is 0. The van der Waals surface area contributed by atoms with Crippen LogP contribution in [-0.4, -0.2) is 7.11 Å². The maximum Gasteiger partial charge on any atom is 0.182 e. The largest absolute Gasteiger partial charge is 0.497 e. The highest BCUT2D eigenvalue weighted by atomic mass is 31.1. The highest BCUT2D eigenvalue weighted by Crippen LogP contribution is 2.29. The van der Waals surface area contributed by atoms with Crippen LogP contribution < -0.4 is 10.5 Å². The molecule has 13 heavy (non-hydrogen) atoms. The molecule has 3 nitrogen and oxygen atoms in total. The summed E-state index contributed by atoms with van der Waals surface area (Å²) < 4.78 is 15.7. The minimum absolute atomic E-state index is 0.0865. The van der Waals surface area contributed by atoms with E-state index in [0.29, 0.717) is 0 Å². The zero-order chi connectivity index (χ0) is 9.90. The van der Waals surface area contributed by atoms with Gasteiger partial charge in [-0.25, -0.2) is 0 Å². The average molecular weight is 197 g/mol. The summed E-state index contributed by atoms with van der Waals surface area (Å²) in [5.74, 6) is 0.766. The quantitative estimate of drug-likeness (QED) is 0.755. The van der Waals surface area contributed by atoms with Gasteiger partial charge in [-0.2, -0.15) is 0 Å². The number of hydrogen-bond acceptors (Lipinski definition) is 3. The van der Waals surface area contributed by atoms with Crippen molar-refractivity contribution in [1.82, 2.24) is 0 Å². The topological polar surface area (TPSA) is 52.3 Å². The van der Waals surface area contributed by atoms with Crippen molar-refractivity contribution in [1.29, 1.82) is 0 Å². The van der Waals surface area contributed by atoms with Crippen molar-refractivity contribution >= 4 is 8.46 Å². The van der Waals surface area contributed by atoms with E-state index in [-0.39, 0.29) is 8.46 Å². The second-order valence-corrected chi connectivity index (χ2v) is 4.08. The minimum atomic E-state index is -0.813. The van der Waals surface area contributed by atoms with E-state index in [9.17, 15) is 4.57 Å². The van der Waals surface area contributed by atoms with Crippen molar-refractivity contribution in [2.75, 3.05) is 7.11 Å². The molecule has 0 bridgehead atoms. The van der Waals surface area contributed by atoms with Crippen molar-refractivity contribution < 1.29 is 9.30 Å². The van der Waals surface area contributed by atoms with Crippen molar-refractivity contribution in [3.8, 4) is 5.75 Å². The Labute approximate surface area is 79.1 Å². The Morgan fingerprint density at radius 2 is 1.92 bits per heavy atom. The smallest absolute Gasteiger partial charge is 0.182 e. The summed E-state index contributed by atoms with van der Waals surface area (Å²) in [5, 5.41) is -0.813. The Bertz CT molecular complexity index is 295. The van der Waals surface area contributed by atoms with Gasteiger partial charge in [0.1, 0.15) is 11.0 Å². The first-order valence-corrected chi connectivity index (χ1v) is 4.69. The molecule has 0 fully saturated rings. The van der Waals surface area contributed by atoms with Crippen LogP contribution in [0.3, 0.4) is 0 Å². The van der Waals surface area contributed by atoms with Crippen LogP contribution in [-0.2, 0) is 9.85 Å². The average Bonchev–Trinajstić information content (AvgIpc) is 2.18. The summed E-state index contributed by atoms with van der Waals surface area (Å²) in [5.41, 5.74) is 6.59. The van der Waals surface area contributed by atoms with E-state index < -0.39 is 5.28 Å². The first-order chi connectivity index (χ1) is 6.10. The van der Waals surface area contributed by atoms with E-state index in [1.165, 1.54) is 0 Å². The van der Waals surface area contributed by atoms with Crippen molar-refractivity contribution in [3.05, 3.63) is 29.8 Å². The highest BCUT2D eigenvalue weighted by molar-refractivity contribution is 7.25. The molecule has 0 unspecified atom stereocenters. The van der Waals surface area contributed by atoms with Gasteiger partial charge in [0.25, 0.3) is 0 Å². The van der Waals surface area contributed by atoms with Gasteiger partial charge in [0.2, 0.25) is 0 Å². The lowest BCUT2D eigenvalue weighted by Crippen LogP contribution is -2.25. The zero-order valence-corrected chi connectivity index (χ0v) is 8.54. The van der Waals surface area contributed by atoms with E-state index in [2.05, 4.69) is 0 Å². The number of nitrogens with two attached hydrogens (primary N) is 1. The number of methoxy groups -OCH3 is 1. The molecule has 1 atom stereocenters. The predicted octanol–water partition coefficient (Wildman–Crippen LogP) is 2.12. The summed E-state index contributed by atoms with van der Waals surface area (Å²) >= 11 is 0. The predicted molar refractivity (Wildman–Crippen MR) is 52.1 cm³/mol. The molecule has 0 saturated heterocycles. The standard InChI is InChI=1S/C9H12NO2P/c1-9(10,13-11)7-3-5-8(12-2)6-4-7/h3-6H,10H2,1-2H3/t9-/m1/s1. The summed E-state index contributed by atoms with van der Waals surface area (Å²) in [6.45, 7) is 1.71. The molecule has 1 rings (SSSR count). The molecular weight excluding hydrogens is 185 g/mol. The Balaban J connectivity index is 2.98. The lowest BCUT2D eigenvalue weighted by atomic mass is 10.1. The Morgan fingerprint density at radius 1 is 1.38 bits per heavy atom. The van der Waals surface area contributed by atoms with Gasteiger partial charge in [0.15, 0.2) is 8.46 Å². The molecule has 2 N–H and O–H groups in total. The maximum absolute atomic E-state index is 10.7. The molecule has 1 aromatic carbocycles. The van der Waals surface area contributed by atoms with Crippen LogP contribution in [0.25, 0.3) is 0 Å². The van der Waals surface area contributed by atoms with E-state index in [0.717, 1.165) is 11.3 Å². The van der Waals surface area contributed by atoms with Crippen molar-refractivity contribution in [2.45, 2.75) is 12.2 Å². The molecule has 0 aliphatic rings. The molecule has 0 heterocycles. The van der Waals surface area contributed by atoms with Crippen LogP contribution in [0, 0.1) is 0 Å². The summed E-state index contributed by atoms with van der Waals surface area (Å²) in [6.07, 6.45) is 0. The lowest BCUT2D eigenvalue weighted by Gasteiger charge is -2.15. The summed E-state index contributed by atoms with van der Waals surface area (Å²) in [6, 6.07) is 7.21. The van der Waals surface area contributed by atoms with Gasteiger partial charge in [0, 0.05) is 0 Å². The maximum atomic E-state index is 10.7. The van der Waals surface area contributed by atoms with Crippen molar-refractivity contribution in [3.63, 3.8) is 0 Å². The molecule has 0 aliphatic carbocycles. The molecule has 0 spiro atoms. The highest BCUT2D eigenvalue weighted by Gasteiger charge is 2.20. The number of benzene rings is 1. The first kappa shape index (κ1) is 10.2. The SMILES string of the molecule is COc1ccc([C@](C)(N)P=O)cc1. The second kappa shape index (κ2) is 3.86. The second-order valence-electron chi connectivity index (χ2n) is 2.97. The minimum Gasteiger partial charge on any atom is -0.497 e. The van der Waals surface area contributed by atoms with E-state index in [4.69, 9.17) is 10.5 Å². The number of ether oxygens (including phenoxy) is 1. The van der Waals surface area contributed by atoms with Gasteiger partial charge in [0.05, 0.1) is 7.11 Å². The lowest BCUT2D eigenvalue weighted by molar-refractivity contribution is 0.414. The van der Waals surface area contributed by atoms with Gasteiger partial charge >= 0.3 is 0 Å². The monoisotopic (exact) mass is 197 g/mol. The molecule has 4 heteroatoms. The van der Waals surface area contributed by atoms with Crippen LogP contribution in [0.2, 0.25) is 0 Å². The first-order valence-electron chi connectivity index (χ1n) is 3.88. The van der Waals surface area contributed by atoms with Crippen LogP contribution in [0.4, 0.5) is 0 Å². The third-order valence-corrected chi connectivity index (χ3v) is 2.50. The summed E-state index contributed by atoms with van der Waals surface area (Å²) in [7, 11) is 1.51. The Hall–Kier alpha value is -0.920. The molecule has 0 aromatic heterocycles. The molecule has 0 amide bonds. The Kier molecular flexibility index (Phi) is 3.02. The molecule has 1 aromatic rings. The van der Waals surface area contributed by atoms with E-state index in [1.807, 2.05) is 12.1 Å². The van der Waals surface area contributed by atoms with Gasteiger partial charge < -0.3 is 10.5 Å². The van der Waals surface area contributed by atoms with Gasteiger partial charge in [-0.15, -0.1) is 0 Å². The van der Waals surface area contributed by atoms with E-state index >= 15 is 0 Å². The van der Waals surface area contributed by atoms with Crippen LogP contribution in [0.5, 0.6) is 5.75 Å². The normalized spacial score (nSPS) is 15.3. The molecule has 0 saturated carbocycles. The zero-order valence-electron chi connectivity index (χ0n) is 7.65. The Morgan fingerprint density at radius 3 is 2.31 bits per heavy atom.